The van der Waals surface area contributed by atoms with Gasteiger partial charge in [0.05, 0.1) is 11.3 Å². The molecule has 3 aromatic rings. The van der Waals surface area contributed by atoms with E-state index in [1.807, 2.05) is 43.3 Å². The zero-order valence-corrected chi connectivity index (χ0v) is 13.7. The number of benzene rings is 2. The number of carboxylic acid groups (broad SMARTS) is 1. The largest absolute Gasteiger partial charge is 0.478 e. The van der Waals surface area contributed by atoms with Gasteiger partial charge in [-0.2, -0.15) is 0 Å². The molecular weight excluding hydrogens is 326 g/mol. The van der Waals surface area contributed by atoms with Gasteiger partial charge in [0.1, 0.15) is 11.6 Å². The molecule has 2 N–H and O–H groups in total. The van der Waals surface area contributed by atoms with Gasteiger partial charge in [-0.25, -0.2) is 14.8 Å². The first-order valence-corrected chi connectivity index (χ1v) is 7.13. The summed E-state index contributed by atoms with van der Waals surface area (Å²) in [5, 5.41) is 12.1. The fourth-order valence-corrected chi connectivity index (χ4v) is 2.23. The zero-order chi connectivity index (χ0) is 16.2. The highest BCUT2D eigenvalue weighted by molar-refractivity contribution is 5.88. The van der Waals surface area contributed by atoms with Gasteiger partial charge in [-0.15, -0.1) is 12.4 Å². The van der Waals surface area contributed by atoms with Gasteiger partial charge < -0.3 is 10.4 Å². The molecule has 0 radical (unpaired) electrons. The molecule has 0 amide bonds. The summed E-state index contributed by atoms with van der Waals surface area (Å²) in [6, 6.07) is 18.3. The molecule has 0 atom stereocenters. The smallest absolute Gasteiger partial charge is 0.335 e. The van der Waals surface area contributed by atoms with E-state index in [1.54, 1.807) is 24.3 Å². The van der Waals surface area contributed by atoms with E-state index in [2.05, 4.69) is 15.3 Å². The van der Waals surface area contributed by atoms with Crippen LogP contribution < -0.4 is 5.32 Å². The Balaban J connectivity index is 0.00000208. The first-order valence-electron chi connectivity index (χ1n) is 7.13. The van der Waals surface area contributed by atoms with Crippen molar-refractivity contribution in [1.82, 2.24) is 9.97 Å². The third-order valence-electron chi connectivity index (χ3n) is 3.31. The molecule has 2 aromatic carbocycles. The van der Waals surface area contributed by atoms with E-state index in [0.29, 0.717) is 11.6 Å². The maximum atomic E-state index is 10.9. The van der Waals surface area contributed by atoms with E-state index >= 15 is 0 Å². The fourth-order valence-electron chi connectivity index (χ4n) is 2.23. The summed E-state index contributed by atoms with van der Waals surface area (Å²) in [7, 11) is 0. The van der Waals surface area contributed by atoms with Crippen molar-refractivity contribution in [3.63, 3.8) is 0 Å². The van der Waals surface area contributed by atoms with Crippen LogP contribution in [0.3, 0.4) is 0 Å². The molecule has 1 aromatic heterocycles. The third-order valence-corrected chi connectivity index (χ3v) is 3.31. The number of aromatic nitrogens is 2. The van der Waals surface area contributed by atoms with Crippen LogP contribution >= 0.6 is 12.4 Å². The standard InChI is InChI=1S/C18H15N3O2.ClH/c1-12-19-16(13-5-3-2-4-6-13)11-17(20-12)21-15-9-7-14(8-10-15)18(22)23;/h2-11H,1H3,(H,22,23)(H,19,20,21);1H. The minimum absolute atomic E-state index is 0. The Bertz CT molecular complexity index is 837. The minimum atomic E-state index is -0.944. The number of hydrogen-bond acceptors (Lipinski definition) is 4. The quantitative estimate of drug-likeness (QED) is 0.739. The molecule has 24 heavy (non-hydrogen) atoms. The second-order valence-electron chi connectivity index (χ2n) is 5.06. The number of rotatable bonds is 4. The van der Waals surface area contributed by atoms with Crippen LogP contribution in [0.2, 0.25) is 0 Å². The van der Waals surface area contributed by atoms with Gasteiger partial charge in [-0.05, 0) is 31.2 Å². The molecule has 0 unspecified atom stereocenters. The van der Waals surface area contributed by atoms with Crippen molar-refractivity contribution in [2.45, 2.75) is 6.92 Å². The molecular formula is C18H16ClN3O2. The normalized spacial score (nSPS) is 9.88. The van der Waals surface area contributed by atoms with Crippen molar-refractivity contribution < 1.29 is 9.90 Å². The van der Waals surface area contributed by atoms with Crippen molar-refractivity contribution >= 4 is 29.9 Å². The Morgan fingerprint density at radius 2 is 1.67 bits per heavy atom. The first kappa shape index (κ1) is 17.4. The van der Waals surface area contributed by atoms with Crippen LogP contribution in [-0.4, -0.2) is 21.0 Å². The second-order valence-corrected chi connectivity index (χ2v) is 5.06. The van der Waals surface area contributed by atoms with Crippen LogP contribution in [0.4, 0.5) is 11.5 Å². The van der Waals surface area contributed by atoms with E-state index in [9.17, 15) is 4.79 Å². The summed E-state index contributed by atoms with van der Waals surface area (Å²) in [6.45, 7) is 1.84. The lowest BCUT2D eigenvalue weighted by molar-refractivity contribution is 0.0697. The molecule has 0 aliphatic rings. The van der Waals surface area contributed by atoms with E-state index in [0.717, 1.165) is 16.9 Å². The molecule has 0 saturated heterocycles. The van der Waals surface area contributed by atoms with Crippen molar-refractivity contribution in [3.05, 3.63) is 72.1 Å². The number of hydrogen-bond donors (Lipinski definition) is 2. The van der Waals surface area contributed by atoms with Crippen molar-refractivity contribution in [1.29, 1.82) is 0 Å². The topological polar surface area (TPSA) is 75.1 Å². The molecule has 0 saturated carbocycles. The van der Waals surface area contributed by atoms with E-state index < -0.39 is 5.97 Å². The molecule has 0 spiro atoms. The van der Waals surface area contributed by atoms with Crippen LogP contribution in [0.25, 0.3) is 11.3 Å². The van der Waals surface area contributed by atoms with Gasteiger partial charge in [0.25, 0.3) is 0 Å². The molecule has 6 heteroatoms. The van der Waals surface area contributed by atoms with E-state index in [1.165, 1.54) is 0 Å². The van der Waals surface area contributed by atoms with Crippen LogP contribution in [0.5, 0.6) is 0 Å². The number of anilines is 2. The van der Waals surface area contributed by atoms with Gasteiger partial charge in [0.15, 0.2) is 0 Å². The van der Waals surface area contributed by atoms with Gasteiger partial charge in [0.2, 0.25) is 0 Å². The van der Waals surface area contributed by atoms with Gasteiger partial charge >= 0.3 is 5.97 Å². The summed E-state index contributed by atoms with van der Waals surface area (Å²) in [5.74, 6) is 0.385. The van der Waals surface area contributed by atoms with Gasteiger partial charge in [-0.1, -0.05) is 30.3 Å². The highest BCUT2D eigenvalue weighted by atomic mass is 35.5. The molecule has 5 nitrogen and oxygen atoms in total. The Kier molecular flexibility index (Phi) is 5.50. The number of aryl methyl sites for hydroxylation is 1. The van der Waals surface area contributed by atoms with Crippen molar-refractivity contribution in [2.75, 3.05) is 5.32 Å². The summed E-state index contributed by atoms with van der Waals surface area (Å²) < 4.78 is 0. The average molecular weight is 342 g/mol. The molecule has 122 valence electrons. The van der Waals surface area contributed by atoms with Crippen LogP contribution in [0.1, 0.15) is 16.2 Å². The van der Waals surface area contributed by atoms with E-state index in [4.69, 9.17) is 5.11 Å². The molecule has 0 fully saturated rings. The minimum Gasteiger partial charge on any atom is -0.478 e. The maximum absolute atomic E-state index is 10.9. The lowest BCUT2D eigenvalue weighted by atomic mass is 10.1. The summed E-state index contributed by atoms with van der Waals surface area (Å²) in [6.07, 6.45) is 0. The van der Waals surface area contributed by atoms with Gasteiger partial charge in [0, 0.05) is 17.3 Å². The average Bonchev–Trinajstić information content (AvgIpc) is 2.55. The van der Waals surface area contributed by atoms with Crippen molar-refractivity contribution in [3.8, 4) is 11.3 Å². The molecule has 0 aliphatic heterocycles. The van der Waals surface area contributed by atoms with Crippen LogP contribution in [0, 0.1) is 6.92 Å². The lowest BCUT2D eigenvalue weighted by Gasteiger charge is -2.09. The number of aromatic carboxylic acids is 1. The molecule has 0 bridgehead atoms. The summed E-state index contributed by atoms with van der Waals surface area (Å²) in [4.78, 5) is 19.7. The van der Waals surface area contributed by atoms with Crippen LogP contribution in [0.15, 0.2) is 60.7 Å². The van der Waals surface area contributed by atoms with Gasteiger partial charge in [-0.3, -0.25) is 0 Å². The third kappa shape index (κ3) is 4.08. The number of halogens is 1. The maximum Gasteiger partial charge on any atom is 0.335 e. The monoisotopic (exact) mass is 341 g/mol. The fraction of sp³-hybridized carbons (Fsp3) is 0.0556. The molecule has 3 rings (SSSR count). The highest BCUT2D eigenvalue weighted by Crippen LogP contribution is 2.22. The second kappa shape index (κ2) is 7.57. The molecule has 1 heterocycles. The number of carbonyl (C=O) groups is 1. The Morgan fingerprint density at radius 3 is 2.29 bits per heavy atom. The Hall–Kier alpha value is -2.92. The number of nitrogens with zero attached hydrogens (tertiary/aromatic N) is 2. The Labute approximate surface area is 145 Å². The lowest BCUT2D eigenvalue weighted by Crippen LogP contribution is -2.00. The Morgan fingerprint density at radius 1 is 1.00 bits per heavy atom. The first-order chi connectivity index (χ1) is 11.1. The predicted molar refractivity (Wildman–Crippen MR) is 96.1 cm³/mol. The van der Waals surface area contributed by atoms with E-state index in [-0.39, 0.29) is 18.0 Å². The summed E-state index contributed by atoms with van der Waals surface area (Å²) in [5.41, 5.74) is 2.87. The highest BCUT2D eigenvalue weighted by Gasteiger charge is 2.06. The van der Waals surface area contributed by atoms with Crippen LogP contribution in [-0.2, 0) is 0 Å². The number of carboxylic acids is 1. The molecule has 0 aliphatic carbocycles. The number of nitrogens with one attached hydrogen (secondary N) is 1. The van der Waals surface area contributed by atoms with Crippen molar-refractivity contribution in [2.24, 2.45) is 0 Å². The predicted octanol–water partition coefficient (Wildman–Crippen LogP) is 4.32. The SMILES string of the molecule is Cc1nc(Nc2ccc(C(=O)O)cc2)cc(-c2ccccc2)n1.Cl. The summed E-state index contributed by atoms with van der Waals surface area (Å²) >= 11 is 0. The zero-order valence-electron chi connectivity index (χ0n) is 12.9.